The highest BCUT2D eigenvalue weighted by Gasteiger charge is 2.05. The number of aryl methyl sites for hydroxylation is 2. The van der Waals surface area contributed by atoms with Gasteiger partial charge in [0.2, 0.25) is 0 Å². The standard InChI is InChI=1S/C8H8N2O2/c1-4-3-6-7(8(11)9-4)10-5(2)12-6/h3H,1-2H3,(H,9,11). The van der Waals surface area contributed by atoms with Crippen LogP contribution in [-0.4, -0.2) is 9.97 Å². The van der Waals surface area contributed by atoms with Crippen molar-refractivity contribution in [2.75, 3.05) is 0 Å². The molecule has 0 bridgehead atoms. The lowest BCUT2D eigenvalue weighted by Gasteiger charge is -1.88. The van der Waals surface area contributed by atoms with Crippen LogP contribution < -0.4 is 5.56 Å². The third kappa shape index (κ3) is 0.922. The minimum Gasteiger partial charge on any atom is -0.441 e. The predicted octanol–water partition coefficient (Wildman–Crippen LogP) is 1.13. The van der Waals surface area contributed by atoms with Crippen molar-refractivity contribution in [2.24, 2.45) is 0 Å². The van der Waals surface area contributed by atoms with Gasteiger partial charge >= 0.3 is 0 Å². The molecule has 0 atom stereocenters. The summed E-state index contributed by atoms with van der Waals surface area (Å²) >= 11 is 0. The van der Waals surface area contributed by atoms with Gasteiger partial charge in [-0.05, 0) is 6.92 Å². The van der Waals surface area contributed by atoms with E-state index in [1.54, 1.807) is 19.9 Å². The summed E-state index contributed by atoms with van der Waals surface area (Å²) in [7, 11) is 0. The Labute approximate surface area is 68.2 Å². The van der Waals surface area contributed by atoms with Crippen LogP contribution in [-0.2, 0) is 0 Å². The molecule has 2 aromatic heterocycles. The first-order valence-corrected chi connectivity index (χ1v) is 3.64. The fraction of sp³-hybridized carbons (Fsp3) is 0.250. The molecule has 62 valence electrons. The van der Waals surface area contributed by atoms with E-state index in [2.05, 4.69) is 9.97 Å². The molecule has 0 fully saturated rings. The molecule has 0 spiro atoms. The van der Waals surface area contributed by atoms with Crippen molar-refractivity contribution >= 4 is 11.1 Å². The van der Waals surface area contributed by atoms with E-state index < -0.39 is 0 Å². The molecule has 0 radical (unpaired) electrons. The van der Waals surface area contributed by atoms with Gasteiger partial charge in [0.1, 0.15) is 0 Å². The van der Waals surface area contributed by atoms with Crippen LogP contribution >= 0.6 is 0 Å². The molecule has 2 rings (SSSR count). The molecule has 0 saturated heterocycles. The van der Waals surface area contributed by atoms with E-state index in [9.17, 15) is 4.79 Å². The summed E-state index contributed by atoms with van der Waals surface area (Å²) in [6, 6.07) is 1.76. The molecule has 2 heterocycles. The van der Waals surface area contributed by atoms with E-state index in [1.807, 2.05) is 0 Å². The minimum atomic E-state index is -0.193. The Balaban J connectivity index is 2.98. The van der Waals surface area contributed by atoms with Gasteiger partial charge in [0, 0.05) is 18.7 Å². The predicted molar refractivity (Wildman–Crippen MR) is 44.1 cm³/mol. The SMILES string of the molecule is Cc1cc2oc(C)nc2c(=O)[nH]1. The first kappa shape index (κ1) is 7.09. The van der Waals surface area contributed by atoms with Crippen LogP contribution in [0.1, 0.15) is 11.6 Å². The number of fused-ring (bicyclic) bond motifs is 1. The summed E-state index contributed by atoms with van der Waals surface area (Å²) in [4.78, 5) is 17.8. The highest BCUT2D eigenvalue weighted by Crippen LogP contribution is 2.10. The normalized spacial score (nSPS) is 10.8. The molecule has 4 heteroatoms. The van der Waals surface area contributed by atoms with Gasteiger partial charge < -0.3 is 9.40 Å². The Morgan fingerprint density at radius 1 is 1.50 bits per heavy atom. The first-order valence-electron chi connectivity index (χ1n) is 3.64. The number of hydrogen-bond acceptors (Lipinski definition) is 3. The Kier molecular flexibility index (Phi) is 1.30. The number of oxazole rings is 1. The van der Waals surface area contributed by atoms with Gasteiger partial charge in [0.25, 0.3) is 5.56 Å². The highest BCUT2D eigenvalue weighted by molar-refractivity contribution is 5.71. The van der Waals surface area contributed by atoms with Crippen LogP contribution in [0.25, 0.3) is 11.1 Å². The van der Waals surface area contributed by atoms with Crippen LogP contribution in [0.3, 0.4) is 0 Å². The van der Waals surface area contributed by atoms with Crippen LogP contribution in [0.4, 0.5) is 0 Å². The van der Waals surface area contributed by atoms with Gasteiger partial charge in [-0.3, -0.25) is 4.79 Å². The van der Waals surface area contributed by atoms with Crippen molar-refractivity contribution < 1.29 is 4.42 Å². The zero-order valence-electron chi connectivity index (χ0n) is 6.84. The minimum absolute atomic E-state index is 0.193. The number of rotatable bonds is 0. The van der Waals surface area contributed by atoms with Crippen LogP contribution in [0.15, 0.2) is 15.3 Å². The number of H-pyrrole nitrogens is 1. The number of aromatic amines is 1. The molecular formula is C8H8N2O2. The van der Waals surface area contributed by atoms with Crippen molar-refractivity contribution in [1.82, 2.24) is 9.97 Å². The Morgan fingerprint density at radius 2 is 2.25 bits per heavy atom. The Bertz CT molecular complexity index is 481. The van der Waals surface area contributed by atoms with Crippen molar-refractivity contribution in [3.05, 3.63) is 28.0 Å². The van der Waals surface area contributed by atoms with E-state index in [4.69, 9.17) is 4.42 Å². The topological polar surface area (TPSA) is 58.9 Å². The summed E-state index contributed by atoms with van der Waals surface area (Å²) in [5.74, 6) is 0.515. The molecule has 0 unspecified atom stereocenters. The third-order valence-corrected chi connectivity index (χ3v) is 1.63. The second-order valence-corrected chi connectivity index (χ2v) is 2.73. The van der Waals surface area contributed by atoms with Crippen LogP contribution in [0, 0.1) is 13.8 Å². The monoisotopic (exact) mass is 164 g/mol. The Morgan fingerprint density at radius 3 is 3.00 bits per heavy atom. The summed E-state index contributed by atoms with van der Waals surface area (Å²) in [6.45, 7) is 3.52. The number of hydrogen-bond donors (Lipinski definition) is 1. The fourth-order valence-electron chi connectivity index (χ4n) is 1.17. The van der Waals surface area contributed by atoms with Crippen molar-refractivity contribution in [2.45, 2.75) is 13.8 Å². The second kappa shape index (κ2) is 2.20. The van der Waals surface area contributed by atoms with E-state index in [0.29, 0.717) is 17.0 Å². The first-order chi connectivity index (χ1) is 5.66. The van der Waals surface area contributed by atoms with Crippen molar-refractivity contribution in [3.8, 4) is 0 Å². The second-order valence-electron chi connectivity index (χ2n) is 2.73. The summed E-state index contributed by atoms with van der Waals surface area (Å²) in [6.07, 6.45) is 0. The molecule has 4 nitrogen and oxygen atoms in total. The molecule has 1 N–H and O–H groups in total. The van der Waals surface area contributed by atoms with E-state index in [1.165, 1.54) is 0 Å². The lowest BCUT2D eigenvalue weighted by atomic mass is 10.3. The van der Waals surface area contributed by atoms with Crippen LogP contribution in [0.5, 0.6) is 0 Å². The molecule has 0 aliphatic carbocycles. The average molecular weight is 164 g/mol. The highest BCUT2D eigenvalue weighted by atomic mass is 16.3. The lowest BCUT2D eigenvalue weighted by Crippen LogP contribution is -2.06. The lowest BCUT2D eigenvalue weighted by molar-refractivity contribution is 0.560. The van der Waals surface area contributed by atoms with Crippen LogP contribution in [0.2, 0.25) is 0 Å². The van der Waals surface area contributed by atoms with Gasteiger partial charge in [-0.25, -0.2) is 4.98 Å². The third-order valence-electron chi connectivity index (χ3n) is 1.63. The molecule has 0 aliphatic rings. The summed E-state index contributed by atoms with van der Waals surface area (Å²) in [5, 5.41) is 0. The number of nitrogens with zero attached hydrogens (tertiary/aromatic N) is 1. The maximum Gasteiger partial charge on any atom is 0.278 e. The average Bonchev–Trinajstić information content (AvgIpc) is 2.29. The largest absolute Gasteiger partial charge is 0.441 e. The van der Waals surface area contributed by atoms with Gasteiger partial charge in [-0.15, -0.1) is 0 Å². The van der Waals surface area contributed by atoms with Gasteiger partial charge in [0.15, 0.2) is 17.0 Å². The summed E-state index contributed by atoms with van der Waals surface area (Å²) in [5.41, 5.74) is 1.51. The molecule has 0 saturated carbocycles. The molecule has 0 aliphatic heterocycles. The molecular weight excluding hydrogens is 156 g/mol. The van der Waals surface area contributed by atoms with Gasteiger partial charge in [0.05, 0.1) is 0 Å². The number of pyridine rings is 1. The molecule has 0 aromatic carbocycles. The van der Waals surface area contributed by atoms with E-state index >= 15 is 0 Å². The van der Waals surface area contributed by atoms with Crippen molar-refractivity contribution in [1.29, 1.82) is 0 Å². The zero-order chi connectivity index (χ0) is 8.72. The number of nitrogens with one attached hydrogen (secondary N) is 1. The summed E-state index contributed by atoms with van der Waals surface area (Å²) < 4.78 is 5.20. The molecule has 0 amide bonds. The fourth-order valence-corrected chi connectivity index (χ4v) is 1.17. The van der Waals surface area contributed by atoms with Crippen molar-refractivity contribution in [3.63, 3.8) is 0 Å². The van der Waals surface area contributed by atoms with E-state index in [0.717, 1.165) is 5.69 Å². The molecule has 2 aromatic rings. The Hall–Kier alpha value is -1.58. The zero-order valence-corrected chi connectivity index (χ0v) is 6.84. The van der Waals surface area contributed by atoms with Gasteiger partial charge in [-0.2, -0.15) is 0 Å². The number of aromatic nitrogens is 2. The maximum absolute atomic E-state index is 11.2. The van der Waals surface area contributed by atoms with Gasteiger partial charge in [-0.1, -0.05) is 0 Å². The maximum atomic E-state index is 11.2. The van der Waals surface area contributed by atoms with E-state index in [-0.39, 0.29) is 5.56 Å². The molecule has 12 heavy (non-hydrogen) atoms. The smallest absolute Gasteiger partial charge is 0.278 e. The quantitative estimate of drug-likeness (QED) is 0.635.